The minimum absolute atomic E-state index is 0.00164. The number of pyridine rings is 2. The molecule has 2 heterocycles. The number of rotatable bonds is 6. The van der Waals surface area contributed by atoms with Gasteiger partial charge in [0.25, 0.3) is 11.4 Å². The molecule has 49 heavy (non-hydrogen) atoms. The molecule has 0 unspecified atom stereocenters. The molecule has 0 fully saturated rings. The highest BCUT2D eigenvalue weighted by molar-refractivity contribution is 7.45. The van der Waals surface area contributed by atoms with Crippen LogP contribution in [-0.2, 0) is 4.57 Å². The summed E-state index contributed by atoms with van der Waals surface area (Å²) in [7, 11) is -4.64. The zero-order chi connectivity index (χ0) is 35.6. The summed E-state index contributed by atoms with van der Waals surface area (Å²) in [5.74, 6) is 0.148. The Morgan fingerprint density at radius 3 is 1.22 bits per heavy atom. The number of nitrogens with zero attached hydrogens (tertiary/aromatic N) is 8. The molecule has 0 spiro atoms. The lowest BCUT2D eigenvalue weighted by Gasteiger charge is -2.02. The summed E-state index contributed by atoms with van der Waals surface area (Å²) < 4.78 is 8.88. The standard InChI is InChI=1S/2C15H10N4O3.H3O4P/c2*20-14-8-7-13(12-2-1-9-16-15(12)14)18-17-10-3-5-11(6-4-10)19(21)22;1-5(2,3)4/h2*1-9,20H;(H3,1,2,3,4). The van der Waals surface area contributed by atoms with Gasteiger partial charge in [-0.2, -0.15) is 10.2 Å². The van der Waals surface area contributed by atoms with E-state index in [0.29, 0.717) is 44.6 Å². The van der Waals surface area contributed by atoms with Crippen molar-refractivity contribution in [2.45, 2.75) is 0 Å². The summed E-state index contributed by atoms with van der Waals surface area (Å²) in [5.41, 5.74) is 2.99. The first kappa shape index (κ1) is 35.3. The van der Waals surface area contributed by atoms with Gasteiger partial charge in [0, 0.05) is 47.4 Å². The van der Waals surface area contributed by atoms with Crippen LogP contribution in [0.1, 0.15) is 0 Å². The summed E-state index contributed by atoms with van der Waals surface area (Å²) in [6, 6.07) is 24.8. The Morgan fingerprint density at radius 1 is 0.551 bits per heavy atom. The first-order valence-corrected chi connectivity index (χ1v) is 15.1. The van der Waals surface area contributed by atoms with Crippen molar-refractivity contribution in [3.05, 3.63) is 130 Å². The van der Waals surface area contributed by atoms with Gasteiger partial charge in [-0.25, -0.2) is 4.57 Å². The summed E-state index contributed by atoms with van der Waals surface area (Å²) in [6.45, 7) is 0. The van der Waals surface area contributed by atoms with Crippen molar-refractivity contribution >= 4 is 63.8 Å². The molecule has 6 rings (SSSR count). The average Bonchev–Trinajstić information content (AvgIpc) is 3.08. The van der Waals surface area contributed by atoms with Crippen molar-refractivity contribution in [1.29, 1.82) is 0 Å². The van der Waals surface area contributed by atoms with E-state index < -0.39 is 17.7 Å². The van der Waals surface area contributed by atoms with Gasteiger partial charge in [-0.05, 0) is 72.8 Å². The zero-order valence-electron chi connectivity index (χ0n) is 24.7. The minimum atomic E-state index is -4.64. The van der Waals surface area contributed by atoms with Gasteiger partial charge < -0.3 is 24.9 Å². The number of phosphoric acid groups is 1. The second-order valence-corrected chi connectivity index (χ2v) is 10.5. The highest BCUT2D eigenvalue weighted by atomic mass is 31.2. The summed E-state index contributed by atoms with van der Waals surface area (Å²) in [6.07, 6.45) is 3.17. The third kappa shape index (κ3) is 10.2. The Kier molecular flexibility index (Phi) is 11.4. The third-order valence-electron chi connectivity index (χ3n) is 6.12. The SMILES string of the molecule is O=P(O)(O)O.O=[N+]([O-])c1ccc(N=Nc2ccc(O)c3ncccc23)cc1.O=[N+]([O-])c1ccc(N=Nc2ccc(O)c3ncccc23)cc1. The molecule has 5 N–H and O–H groups in total. The van der Waals surface area contributed by atoms with E-state index in [2.05, 4.69) is 30.4 Å². The Balaban J connectivity index is 0.000000194. The molecule has 6 aromatic rings. The molecule has 0 bridgehead atoms. The van der Waals surface area contributed by atoms with Crippen molar-refractivity contribution in [2.24, 2.45) is 20.5 Å². The van der Waals surface area contributed by atoms with E-state index in [4.69, 9.17) is 19.2 Å². The van der Waals surface area contributed by atoms with Crippen LogP contribution < -0.4 is 0 Å². The molecule has 0 amide bonds. The molecule has 0 aliphatic heterocycles. The van der Waals surface area contributed by atoms with Crippen LogP contribution in [0.2, 0.25) is 0 Å². The lowest BCUT2D eigenvalue weighted by Crippen LogP contribution is -1.85. The maximum Gasteiger partial charge on any atom is 0.466 e. The van der Waals surface area contributed by atoms with Crippen LogP contribution in [0, 0.1) is 20.2 Å². The second-order valence-electron chi connectivity index (χ2n) is 9.47. The molecule has 4 aromatic carbocycles. The monoisotopic (exact) mass is 686 g/mol. The number of benzene rings is 4. The molecule has 0 aliphatic carbocycles. The Bertz CT molecular complexity index is 2070. The fourth-order valence-corrected chi connectivity index (χ4v) is 3.97. The lowest BCUT2D eigenvalue weighted by molar-refractivity contribution is -0.385. The van der Waals surface area contributed by atoms with Gasteiger partial charge in [0.05, 0.1) is 32.6 Å². The normalized spacial score (nSPS) is 11.2. The van der Waals surface area contributed by atoms with Gasteiger partial charge in [0.2, 0.25) is 0 Å². The minimum Gasteiger partial charge on any atom is -0.506 e. The highest BCUT2D eigenvalue weighted by Gasteiger charge is 2.08. The number of fused-ring (bicyclic) bond motifs is 2. The van der Waals surface area contributed by atoms with Crippen LogP contribution in [0.3, 0.4) is 0 Å². The molecular formula is C30H23N8O10P. The largest absolute Gasteiger partial charge is 0.506 e. The van der Waals surface area contributed by atoms with Gasteiger partial charge in [-0.3, -0.25) is 30.2 Å². The van der Waals surface area contributed by atoms with E-state index >= 15 is 0 Å². The molecule has 0 radical (unpaired) electrons. The van der Waals surface area contributed by atoms with Crippen LogP contribution >= 0.6 is 7.82 Å². The number of phenols is 2. The molecule has 18 nitrogen and oxygen atoms in total. The maximum absolute atomic E-state index is 10.6. The number of nitro benzene ring substituents is 2. The van der Waals surface area contributed by atoms with Crippen molar-refractivity contribution < 1.29 is 39.3 Å². The fraction of sp³-hybridized carbons (Fsp3) is 0. The van der Waals surface area contributed by atoms with Crippen LogP contribution in [-0.4, -0.2) is 44.7 Å². The van der Waals surface area contributed by atoms with Crippen molar-refractivity contribution in [3.8, 4) is 11.5 Å². The number of aromatic hydroxyl groups is 2. The number of hydrogen-bond acceptors (Lipinski definition) is 13. The molecular weight excluding hydrogens is 663 g/mol. The van der Waals surface area contributed by atoms with Gasteiger partial charge in [-0.1, -0.05) is 0 Å². The average molecular weight is 687 g/mol. The van der Waals surface area contributed by atoms with E-state index in [0.717, 1.165) is 0 Å². The second kappa shape index (κ2) is 15.8. The quantitative estimate of drug-likeness (QED) is 0.0490. The predicted octanol–water partition coefficient (Wildman–Crippen LogP) is 7.60. The molecule has 0 aliphatic rings. The van der Waals surface area contributed by atoms with Gasteiger partial charge >= 0.3 is 7.82 Å². The van der Waals surface area contributed by atoms with Crippen LogP contribution in [0.4, 0.5) is 34.1 Å². The van der Waals surface area contributed by atoms with E-state index in [1.165, 1.54) is 60.7 Å². The van der Waals surface area contributed by atoms with E-state index in [1.807, 2.05) is 0 Å². The van der Waals surface area contributed by atoms with Crippen molar-refractivity contribution in [2.75, 3.05) is 0 Å². The smallest absolute Gasteiger partial charge is 0.466 e. The molecule has 248 valence electrons. The highest BCUT2D eigenvalue weighted by Crippen LogP contribution is 2.33. The Morgan fingerprint density at radius 2 is 0.898 bits per heavy atom. The maximum atomic E-state index is 10.6. The van der Waals surface area contributed by atoms with Crippen LogP contribution in [0.25, 0.3) is 21.8 Å². The van der Waals surface area contributed by atoms with Gasteiger partial charge in [0.15, 0.2) is 0 Å². The summed E-state index contributed by atoms with van der Waals surface area (Å²) >= 11 is 0. The van der Waals surface area contributed by atoms with Crippen molar-refractivity contribution in [3.63, 3.8) is 0 Å². The van der Waals surface area contributed by atoms with Crippen LogP contribution in [0.15, 0.2) is 130 Å². The molecule has 0 atom stereocenters. The Hall–Kier alpha value is -6.59. The lowest BCUT2D eigenvalue weighted by atomic mass is 10.2. The third-order valence-corrected chi connectivity index (χ3v) is 6.12. The molecule has 0 saturated carbocycles. The van der Waals surface area contributed by atoms with Crippen molar-refractivity contribution in [1.82, 2.24) is 9.97 Å². The number of non-ortho nitro benzene ring substituents is 2. The zero-order valence-corrected chi connectivity index (χ0v) is 25.6. The van der Waals surface area contributed by atoms with Gasteiger partial charge in [0.1, 0.15) is 22.5 Å². The fourth-order valence-electron chi connectivity index (χ4n) is 3.97. The number of phenolic OH excluding ortho intramolecular Hbond substituents is 2. The molecule has 19 heteroatoms. The van der Waals surface area contributed by atoms with Crippen LogP contribution in [0.5, 0.6) is 11.5 Å². The van der Waals surface area contributed by atoms with E-state index in [9.17, 15) is 30.4 Å². The predicted molar refractivity (Wildman–Crippen MR) is 176 cm³/mol. The number of azo groups is 2. The molecule has 2 aromatic heterocycles. The Labute approximate surface area is 274 Å². The number of hydrogen-bond donors (Lipinski definition) is 5. The number of aromatic nitrogens is 2. The summed E-state index contributed by atoms with van der Waals surface area (Å²) in [5, 5.41) is 58.4. The molecule has 0 saturated heterocycles. The van der Waals surface area contributed by atoms with E-state index in [-0.39, 0.29) is 22.9 Å². The summed E-state index contributed by atoms with van der Waals surface area (Å²) in [4.78, 5) is 50.0. The first-order valence-electron chi connectivity index (χ1n) is 13.5. The topological polar surface area (TPSA) is 280 Å². The van der Waals surface area contributed by atoms with Gasteiger partial charge in [-0.15, -0.1) is 10.2 Å². The first-order chi connectivity index (χ1) is 23.3. The number of nitro groups is 2. The van der Waals surface area contributed by atoms with E-state index in [1.54, 1.807) is 48.8 Å².